The molecule has 27 heavy (non-hydrogen) atoms. The van der Waals surface area contributed by atoms with Crippen LogP contribution in [-0.2, 0) is 11.3 Å². The molecule has 1 aromatic carbocycles. The third-order valence-electron chi connectivity index (χ3n) is 4.71. The summed E-state index contributed by atoms with van der Waals surface area (Å²) in [4.78, 5) is 14.5. The van der Waals surface area contributed by atoms with E-state index in [4.69, 9.17) is 0 Å². The molecule has 146 valence electrons. The summed E-state index contributed by atoms with van der Waals surface area (Å²) >= 11 is 1.45. The van der Waals surface area contributed by atoms with E-state index in [-0.39, 0.29) is 5.91 Å². The van der Waals surface area contributed by atoms with Crippen LogP contribution in [0.25, 0.3) is 5.69 Å². The number of thioether (sulfide) groups is 1. The van der Waals surface area contributed by atoms with Gasteiger partial charge in [-0.05, 0) is 44.5 Å². The van der Waals surface area contributed by atoms with E-state index in [9.17, 15) is 4.79 Å². The van der Waals surface area contributed by atoms with Crippen molar-refractivity contribution < 1.29 is 4.79 Å². The van der Waals surface area contributed by atoms with Crippen LogP contribution in [0.15, 0.2) is 35.5 Å². The fraction of sp³-hybridized carbons (Fsp3) is 0.550. The van der Waals surface area contributed by atoms with E-state index in [0.717, 1.165) is 62.1 Å². The van der Waals surface area contributed by atoms with Crippen molar-refractivity contribution in [3.8, 4) is 5.69 Å². The Labute approximate surface area is 165 Å². The highest BCUT2D eigenvalue weighted by molar-refractivity contribution is 7.99. The van der Waals surface area contributed by atoms with Gasteiger partial charge in [-0.3, -0.25) is 14.3 Å². The van der Waals surface area contributed by atoms with E-state index in [1.807, 2.05) is 18.2 Å². The molecule has 1 aliphatic rings. The number of rotatable bonds is 10. The summed E-state index contributed by atoms with van der Waals surface area (Å²) in [6.45, 7) is 5.94. The molecule has 7 heteroatoms. The number of likely N-dealkylation sites (tertiary alicyclic amines) is 1. The van der Waals surface area contributed by atoms with E-state index in [1.54, 1.807) is 0 Å². The van der Waals surface area contributed by atoms with Crippen molar-refractivity contribution in [3.05, 3.63) is 36.2 Å². The molecule has 6 nitrogen and oxygen atoms in total. The Hall–Kier alpha value is -1.86. The fourth-order valence-electron chi connectivity index (χ4n) is 3.26. The highest BCUT2D eigenvalue weighted by atomic mass is 32.2. The van der Waals surface area contributed by atoms with E-state index in [2.05, 4.69) is 44.0 Å². The van der Waals surface area contributed by atoms with Crippen LogP contribution in [-0.4, -0.2) is 51.0 Å². The molecule has 2 aromatic rings. The minimum Gasteiger partial charge on any atom is -0.355 e. The van der Waals surface area contributed by atoms with Gasteiger partial charge >= 0.3 is 0 Å². The van der Waals surface area contributed by atoms with Crippen LogP contribution in [0.3, 0.4) is 0 Å². The van der Waals surface area contributed by atoms with Gasteiger partial charge < -0.3 is 5.32 Å². The van der Waals surface area contributed by atoms with Crippen molar-refractivity contribution in [1.29, 1.82) is 0 Å². The van der Waals surface area contributed by atoms with Crippen molar-refractivity contribution >= 4 is 17.7 Å². The van der Waals surface area contributed by atoms with Crippen molar-refractivity contribution in [2.75, 3.05) is 25.4 Å². The second kappa shape index (κ2) is 10.5. The number of hydrogen-bond donors (Lipinski definition) is 1. The molecule has 1 saturated heterocycles. The number of unbranched alkanes of at least 4 members (excludes halogenated alkanes) is 2. The minimum atomic E-state index is 0.0554. The number of carbonyl (C=O) groups is 1. The molecule has 0 spiro atoms. The lowest BCUT2D eigenvalue weighted by Gasteiger charge is -2.15. The predicted molar refractivity (Wildman–Crippen MR) is 109 cm³/mol. The molecule has 0 atom stereocenters. The van der Waals surface area contributed by atoms with Gasteiger partial charge in [0, 0.05) is 12.2 Å². The van der Waals surface area contributed by atoms with E-state index < -0.39 is 0 Å². The van der Waals surface area contributed by atoms with Gasteiger partial charge in [0.2, 0.25) is 5.91 Å². The zero-order chi connectivity index (χ0) is 18.9. The highest BCUT2D eigenvalue weighted by Crippen LogP contribution is 2.23. The van der Waals surface area contributed by atoms with Gasteiger partial charge in [0.15, 0.2) is 11.0 Å². The molecule has 0 aliphatic carbocycles. The normalized spacial score (nSPS) is 14.6. The van der Waals surface area contributed by atoms with Gasteiger partial charge in [-0.15, -0.1) is 10.2 Å². The summed E-state index contributed by atoms with van der Waals surface area (Å²) in [6, 6.07) is 10.2. The lowest BCUT2D eigenvalue weighted by molar-refractivity contribution is -0.118. The molecule has 1 fully saturated rings. The molecule has 2 heterocycles. The summed E-state index contributed by atoms with van der Waals surface area (Å²) in [5, 5.41) is 12.6. The molecule has 1 aliphatic heterocycles. The quantitative estimate of drug-likeness (QED) is 0.501. The van der Waals surface area contributed by atoms with E-state index in [1.165, 1.54) is 24.6 Å². The zero-order valence-electron chi connectivity index (χ0n) is 16.1. The Balaban J connectivity index is 1.67. The van der Waals surface area contributed by atoms with Crippen LogP contribution >= 0.6 is 11.8 Å². The van der Waals surface area contributed by atoms with Crippen molar-refractivity contribution in [2.45, 2.75) is 50.7 Å². The minimum absolute atomic E-state index is 0.0554. The van der Waals surface area contributed by atoms with Gasteiger partial charge in [-0.25, -0.2) is 0 Å². The topological polar surface area (TPSA) is 63.1 Å². The maximum Gasteiger partial charge on any atom is 0.230 e. The standard InChI is InChI=1S/C20H29N5OS/c1-2-3-7-12-21-19(26)16-27-20-23-22-18(15-24-13-8-9-14-24)25(20)17-10-5-4-6-11-17/h4-6,10-11H,2-3,7-9,12-16H2,1H3,(H,21,26). The van der Waals surface area contributed by atoms with Crippen LogP contribution in [0.2, 0.25) is 0 Å². The average Bonchev–Trinajstić information content (AvgIpc) is 3.34. The third kappa shape index (κ3) is 5.81. The van der Waals surface area contributed by atoms with Crippen molar-refractivity contribution in [2.24, 2.45) is 0 Å². The largest absolute Gasteiger partial charge is 0.355 e. The SMILES string of the molecule is CCCCCNC(=O)CSc1nnc(CN2CCCC2)n1-c1ccccc1. The molecular formula is C20H29N5OS. The smallest absolute Gasteiger partial charge is 0.230 e. The van der Waals surface area contributed by atoms with Crippen molar-refractivity contribution in [1.82, 2.24) is 25.0 Å². The Morgan fingerprint density at radius 1 is 1.15 bits per heavy atom. The maximum atomic E-state index is 12.1. The fourth-order valence-corrected chi connectivity index (χ4v) is 4.06. The van der Waals surface area contributed by atoms with Crippen LogP contribution in [0.5, 0.6) is 0 Å². The second-order valence-corrected chi connectivity index (χ2v) is 7.84. The first-order chi connectivity index (χ1) is 13.3. The molecule has 0 unspecified atom stereocenters. The number of carbonyl (C=O) groups excluding carboxylic acids is 1. The zero-order valence-corrected chi connectivity index (χ0v) is 16.9. The Morgan fingerprint density at radius 3 is 2.67 bits per heavy atom. The molecule has 3 rings (SSSR count). The summed E-state index contributed by atoms with van der Waals surface area (Å²) in [5.41, 5.74) is 1.04. The second-order valence-electron chi connectivity index (χ2n) is 6.90. The van der Waals surface area contributed by atoms with Gasteiger partial charge in [0.05, 0.1) is 12.3 Å². The first kappa shape index (κ1) is 19.9. The number of nitrogens with one attached hydrogen (secondary N) is 1. The summed E-state index contributed by atoms with van der Waals surface area (Å²) in [7, 11) is 0. The molecular weight excluding hydrogens is 358 g/mol. The van der Waals surface area contributed by atoms with Crippen molar-refractivity contribution in [3.63, 3.8) is 0 Å². The molecule has 0 saturated carbocycles. The van der Waals surface area contributed by atoms with Gasteiger partial charge in [-0.1, -0.05) is 49.7 Å². The summed E-state index contributed by atoms with van der Waals surface area (Å²) < 4.78 is 2.09. The molecule has 1 aromatic heterocycles. The lowest BCUT2D eigenvalue weighted by Crippen LogP contribution is -2.26. The Kier molecular flexibility index (Phi) is 7.71. The van der Waals surface area contributed by atoms with E-state index in [0.29, 0.717) is 5.75 Å². The predicted octanol–water partition coefficient (Wildman–Crippen LogP) is 3.26. The van der Waals surface area contributed by atoms with Crippen LogP contribution < -0.4 is 5.32 Å². The Bertz CT molecular complexity index is 712. The number of nitrogens with zero attached hydrogens (tertiary/aromatic N) is 4. The number of benzene rings is 1. The molecule has 1 amide bonds. The summed E-state index contributed by atoms with van der Waals surface area (Å²) in [6.07, 6.45) is 5.84. The van der Waals surface area contributed by atoms with Gasteiger partial charge in [0.25, 0.3) is 0 Å². The molecule has 0 radical (unpaired) electrons. The Morgan fingerprint density at radius 2 is 1.93 bits per heavy atom. The van der Waals surface area contributed by atoms with Crippen LogP contribution in [0, 0.1) is 0 Å². The number of para-hydroxylation sites is 1. The number of amides is 1. The average molecular weight is 388 g/mol. The third-order valence-corrected chi connectivity index (χ3v) is 5.64. The van der Waals surface area contributed by atoms with E-state index >= 15 is 0 Å². The first-order valence-corrected chi connectivity index (χ1v) is 10.9. The monoisotopic (exact) mass is 387 g/mol. The molecule has 0 bridgehead atoms. The summed E-state index contributed by atoms with van der Waals surface area (Å²) in [5.74, 6) is 1.36. The number of aromatic nitrogens is 3. The first-order valence-electron chi connectivity index (χ1n) is 9.89. The van der Waals surface area contributed by atoms with Crippen LogP contribution in [0.1, 0.15) is 44.9 Å². The maximum absolute atomic E-state index is 12.1. The number of hydrogen-bond acceptors (Lipinski definition) is 5. The van der Waals surface area contributed by atoms with Gasteiger partial charge in [0.1, 0.15) is 0 Å². The van der Waals surface area contributed by atoms with Crippen LogP contribution in [0.4, 0.5) is 0 Å². The molecule has 1 N–H and O–H groups in total. The highest BCUT2D eigenvalue weighted by Gasteiger charge is 2.19. The lowest BCUT2D eigenvalue weighted by atomic mass is 10.2. The van der Waals surface area contributed by atoms with Gasteiger partial charge in [-0.2, -0.15) is 0 Å².